The van der Waals surface area contributed by atoms with E-state index in [1.807, 2.05) is 4.90 Å². The summed E-state index contributed by atoms with van der Waals surface area (Å²) in [4.78, 5) is 26.8. The largest absolute Gasteiger partial charge is 0.465 e. The van der Waals surface area contributed by atoms with Crippen LogP contribution in [0.15, 0.2) is 35.4 Å². The number of likely N-dealkylation sites (tertiary alicyclic amines) is 1. The number of sulfone groups is 1. The quantitative estimate of drug-likeness (QED) is 0.623. The molecule has 2 N–H and O–H groups in total. The zero-order chi connectivity index (χ0) is 23.8. The molecule has 0 saturated carbocycles. The van der Waals surface area contributed by atoms with Crippen molar-refractivity contribution in [1.82, 2.24) is 15.1 Å². The maximum atomic E-state index is 12.9. The Morgan fingerprint density at radius 2 is 1.73 bits per heavy atom. The smallest absolute Gasteiger partial charge is 0.407 e. The molecule has 13 heteroatoms. The molecule has 0 aliphatic carbocycles. The van der Waals surface area contributed by atoms with Crippen molar-refractivity contribution in [1.29, 1.82) is 0 Å². The highest BCUT2D eigenvalue weighted by atomic mass is 35.5. The van der Waals surface area contributed by atoms with Gasteiger partial charge in [0.15, 0.2) is 15.0 Å². The molecule has 1 aromatic heterocycles. The van der Waals surface area contributed by atoms with Gasteiger partial charge in [0, 0.05) is 31.9 Å². The van der Waals surface area contributed by atoms with Crippen molar-refractivity contribution in [3.05, 3.63) is 40.6 Å². The number of anilines is 2. The minimum absolute atomic E-state index is 0.101. The first-order valence-corrected chi connectivity index (χ1v) is 12.5. The van der Waals surface area contributed by atoms with Gasteiger partial charge in [-0.2, -0.15) is 5.10 Å². The lowest BCUT2D eigenvalue weighted by Gasteiger charge is -2.40. The Bertz CT molecular complexity index is 1160. The zero-order valence-corrected chi connectivity index (χ0v) is 19.6. The number of amides is 2. The van der Waals surface area contributed by atoms with Crippen LogP contribution in [-0.2, 0) is 14.6 Å². The number of aromatic nitrogens is 2. The van der Waals surface area contributed by atoms with E-state index in [0.29, 0.717) is 24.5 Å². The molecule has 1 aromatic carbocycles. The number of carboxylic acid groups (broad SMARTS) is 1. The molecule has 2 amide bonds. The summed E-state index contributed by atoms with van der Waals surface area (Å²) in [6.07, 6.45) is 0.971. The van der Waals surface area contributed by atoms with Gasteiger partial charge in [-0.05, 0) is 37.1 Å². The molecule has 0 spiro atoms. The Morgan fingerprint density at radius 3 is 2.33 bits per heavy atom. The molecule has 10 nitrogen and oxygen atoms in total. The first-order valence-electron chi connectivity index (χ1n) is 10.2. The van der Waals surface area contributed by atoms with Crippen molar-refractivity contribution in [2.24, 2.45) is 5.92 Å². The molecule has 176 valence electrons. The van der Waals surface area contributed by atoms with Crippen LogP contribution in [0.2, 0.25) is 10.2 Å². The molecule has 2 saturated heterocycles. The fourth-order valence-corrected chi connectivity index (χ4v) is 6.00. The topological polar surface area (TPSA) is 133 Å². The number of benzene rings is 1. The highest BCUT2D eigenvalue weighted by molar-refractivity contribution is 7.92. The van der Waals surface area contributed by atoms with Crippen LogP contribution in [0, 0.1) is 5.92 Å². The minimum Gasteiger partial charge on any atom is -0.465 e. The molecule has 4 rings (SSSR count). The third kappa shape index (κ3) is 4.85. The van der Waals surface area contributed by atoms with Crippen LogP contribution in [-0.4, -0.2) is 72.1 Å². The molecule has 0 bridgehead atoms. The summed E-state index contributed by atoms with van der Waals surface area (Å²) < 4.78 is 25.8. The molecule has 0 unspecified atom stereocenters. The molecule has 2 aromatic rings. The number of halogens is 2. The highest BCUT2D eigenvalue weighted by Crippen LogP contribution is 2.34. The molecular weight excluding hydrogens is 493 g/mol. The Labute approximate surface area is 200 Å². The number of piperidine rings is 1. The summed E-state index contributed by atoms with van der Waals surface area (Å²) in [7, 11) is -3.59. The van der Waals surface area contributed by atoms with Crippen LogP contribution < -0.4 is 10.2 Å². The number of carbonyl (C=O) groups excluding carboxylic acids is 1. The standard InChI is InChI=1S/C20H21Cl2N5O5S/c21-17-16(9-23-25-18(17)22)27-10-12(11-27)19(28)24-13-1-3-14(4-2-13)33(31,32)15-5-7-26(8-6-15)20(29)30/h1-4,9,12,15H,5-8,10-11H2,(H,24,28)(H,29,30). The van der Waals surface area contributed by atoms with Gasteiger partial charge in [-0.3, -0.25) is 4.79 Å². The van der Waals surface area contributed by atoms with E-state index in [1.165, 1.54) is 23.2 Å². The third-order valence-electron chi connectivity index (χ3n) is 5.93. The van der Waals surface area contributed by atoms with Crippen molar-refractivity contribution in [2.45, 2.75) is 23.0 Å². The molecule has 0 atom stereocenters. The second-order valence-corrected chi connectivity index (χ2v) is 10.9. The van der Waals surface area contributed by atoms with Gasteiger partial charge in [-0.25, -0.2) is 13.2 Å². The van der Waals surface area contributed by atoms with E-state index in [9.17, 15) is 18.0 Å². The Kier molecular flexibility index (Phi) is 6.64. The predicted molar refractivity (Wildman–Crippen MR) is 123 cm³/mol. The average Bonchev–Trinajstić information content (AvgIpc) is 2.76. The SMILES string of the molecule is O=C(Nc1ccc(S(=O)(=O)C2CCN(C(=O)O)CC2)cc1)C1CN(c2cnnc(Cl)c2Cl)C1. The lowest BCUT2D eigenvalue weighted by molar-refractivity contribution is -0.120. The maximum Gasteiger partial charge on any atom is 0.407 e. The van der Waals surface area contributed by atoms with Crippen LogP contribution >= 0.6 is 23.2 Å². The van der Waals surface area contributed by atoms with E-state index >= 15 is 0 Å². The van der Waals surface area contributed by atoms with E-state index in [-0.39, 0.29) is 52.8 Å². The minimum atomic E-state index is -3.59. The number of rotatable bonds is 5. The summed E-state index contributed by atoms with van der Waals surface area (Å²) >= 11 is 12.0. The number of hydrogen-bond donors (Lipinski definition) is 2. The summed E-state index contributed by atoms with van der Waals surface area (Å²) in [5, 5.41) is 19.0. The fourth-order valence-electron chi connectivity index (χ4n) is 3.92. The molecule has 33 heavy (non-hydrogen) atoms. The van der Waals surface area contributed by atoms with Gasteiger partial charge in [-0.1, -0.05) is 23.2 Å². The van der Waals surface area contributed by atoms with Gasteiger partial charge in [0.1, 0.15) is 5.02 Å². The number of hydrogen-bond acceptors (Lipinski definition) is 7. The van der Waals surface area contributed by atoms with Crippen molar-refractivity contribution in [2.75, 3.05) is 36.4 Å². The number of nitrogens with one attached hydrogen (secondary N) is 1. The Balaban J connectivity index is 1.33. The first-order chi connectivity index (χ1) is 15.7. The van der Waals surface area contributed by atoms with E-state index in [1.54, 1.807) is 12.1 Å². The predicted octanol–water partition coefficient (Wildman–Crippen LogP) is 2.77. The van der Waals surface area contributed by atoms with Crippen LogP contribution in [0.1, 0.15) is 12.8 Å². The summed E-state index contributed by atoms with van der Waals surface area (Å²) in [5.74, 6) is -0.456. The first kappa shape index (κ1) is 23.5. The lowest BCUT2D eigenvalue weighted by Crippen LogP contribution is -2.52. The van der Waals surface area contributed by atoms with E-state index < -0.39 is 21.2 Å². The van der Waals surface area contributed by atoms with E-state index in [2.05, 4.69) is 15.5 Å². The van der Waals surface area contributed by atoms with Crippen molar-refractivity contribution >= 4 is 56.4 Å². The molecular formula is C20H21Cl2N5O5S. The van der Waals surface area contributed by atoms with Gasteiger partial charge in [0.2, 0.25) is 5.91 Å². The normalized spacial score (nSPS) is 17.5. The van der Waals surface area contributed by atoms with Gasteiger partial charge in [0.05, 0.1) is 27.9 Å². The van der Waals surface area contributed by atoms with E-state index in [4.69, 9.17) is 28.3 Å². The van der Waals surface area contributed by atoms with Gasteiger partial charge in [-0.15, -0.1) is 5.10 Å². The van der Waals surface area contributed by atoms with E-state index in [0.717, 1.165) is 0 Å². The van der Waals surface area contributed by atoms with Crippen LogP contribution in [0.3, 0.4) is 0 Å². The summed E-state index contributed by atoms with van der Waals surface area (Å²) in [6, 6.07) is 6.03. The summed E-state index contributed by atoms with van der Waals surface area (Å²) in [5.41, 5.74) is 1.11. The zero-order valence-electron chi connectivity index (χ0n) is 17.3. The van der Waals surface area contributed by atoms with Gasteiger partial charge >= 0.3 is 6.09 Å². The van der Waals surface area contributed by atoms with Crippen LogP contribution in [0.25, 0.3) is 0 Å². The summed E-state index contributed by atoms with van der Waals surface area (Å²) in [6.45, 7) is 1.27. The second-order valence-electron chi connectivity index (χ2n) is 7.96. The average molecular weight is 514 g/mol. The molecule has 3 heterocycles. The second kappa shape index (κ2) is 9.32. The van der Waals surface area contributed by atoms with Crippen molar-refractivity contribution in [3.63, 3.8) is 0 Å². The highest BCUT2D eigenvalue weighted by Gasteiger charge is 2.35. The number of carbonyl (C=O) groups is 2. The Morgan fingerprint density at radius 1 is 1.09 bits per heavy atom. The lowest BCUT2D eigenvalue weighted by atomic mass is 9.98. The molecule has 2 fully saturated rings. The van der Waals surface area contributed by atoms with Crippen LogP contribution in [0.4, 0.5) is 16.2 Å². The molecule has 0 radical (unpaired) electrons. The monoisotopic (exact) mass is 513 g/mol. The van der Waals surface area contributed by atoms with Crippen molar-refractivity contribution < 1.29 is 23.1 Å². The Hall–Kier alpha value is -2.63. The fraction of sp³-hybridized carbons (Fsp3) is 0.400. The molecule has 2 aliphatic heterocycles. The van der Waals surface area contributed by atoms with Gasteiger partial charge in [0.25, 0.3) is 0 Å². The number of nitrogens with zero attached hydrogens (tertiary/aromatic N) is 4. The van der Waals surface area contributed by atoms with Gasteiger partial charge < -0.3 is 20.2 Å². The van der Waals surface area contributed by atoms with Crippen LogP contribution in [0.5, 0.6) is 0 Å². The van der Waals surface area contributed by atoms with Crippen molar-refractivity contribution in [3.8, 4) is 0 Å². The molecule has 2 aliphatic rings. The maximum absolute atomic E-state index is 12.9. The third-order valence-corrected chi connectivity index (χ3v) is 8.94.